The minimum Gasteiger partial charge on any atom is -0.338 e. The van der Waals surface area contributed by atoms with Crippen molar-refractivity contribution in [2.45, 2.75) is 13.0 Å². The molecule has 2 rings (SSSR count). The van der Waals surface area contributed by atoms with Gasteiger partial charge in [-0.05, 0) is 36.2 Å². The van der Waals surface area contributed by atoms with Gasteiger partial charge in [-0.3, -0.25) is 0 Å². The van der Waals surface area contributed by atoms with E-state index in [0.29, 0.717) is 19.5 Å². The lowest BCUT2D eigenvalue weighted by Crippen LogP contribution is -2.37. The van der Waals surface area contributed by atoms with Crippen LogP contribution in [0.15, 0.2) is 36.4 Å². The van der Waals surface area contributed by atoms with Crippen LogP contribution in [-0.2, 0) is 13.0 Å². The molecule has 0 fully saturated rings. The van der Waals surface area contributed by atoms with E-state index in [-0.39, 0.29) is 11.8 Å². The number of benzene rings is 1. The van der Waals surface area contributed by atoms with Crippen LogP contribution in [0.1, 0.15) is 10.4 Å². The van der Waals surface area contributed by atoms with E-state index in [4.69, 9.17) is 11.6 Å². The molecule has 0 saturated carbocycles. The van der Waals surface area contributed by atoms with Crippen molar-refractivity contribution < 1.29 is 9.18 Å². The molecule has 0 bridgehead atoms. The number of rotatable bonds is 5. The highest BCUT2D eigenvalue weighted by Gasteiger charge is 2.09. The molecule has 0 aliphatic carbocycles. The molecule has 21 heavy (non-hydrogen) atoms. The van der Waals surface area contributed by atoms with Gasteiger partial charge in [-0.25, -0.2) is 9.18 Å². The molecule has 0 aliphatic rings. The van der Waals surface area contributed by atoms with Crippen molar-refractivity contribution >= 4 is 29.0 Å². The fourth-order valence-electron chi connectivity index (χ4n) is 1.84. The van der Waals surface area contributed by atoms with E-state index in [1.54, 1.807) is 24.1 Å². The molecule has 2 amide bonds. The first kappa shape index (κ1) is 15.8. The van der Waals surface area contributed by atoms with E-state index in [9.17, 15) is 9.18 Å². The van der Waals surface area contributed by atoms with E-state index in [1.807, 2.05) is 12.1 Å². The van der Waals surface area contributed by atoms with Gasteiger partial charge in [0, 0.05) is 18.5 Å². The summed E-state index contributed by atoms with van der Waals surface area (Å²) in [4.78, 5) is 14.6. The maximum atomic E-state index is 12.8. The molecule has 3 nitrogen and oxygen atoms in total. The number of urea groups is 1. The van der Waals surface area contributed by atoms with E-state index in [2.05, 4.69) is 5.32 Å². The topological polar surface area (TPSA) is 32.3 Å². The van der Waals surface area contributed by atoms with Crippen molar-refractivity contribution in [3.8, 4) is 0 Å². The second kappa shape index (κ2) is 7.43. The molecule has 2 aromatic rings. The Morgan fingerprint density at radius 3 is 2.62 bits per heavy atom. The quantitative estimate of drug-likeness (QED) is 0.887. The molecule has 0 saturated heterocycles. The van der Waals surface area contributed by atoms with Gasteiger partial charge in [0.25, 0.3) is 0 Å². The Morgan fingerprint density at radius 1 is 1.29 bits per heavy atom. The first-order chi connectivity index (χ1) is 10.0. The molecule has 1 aromatic heterocycles. The Bertz CT molecular complexity index is 600. The van der Waals surface area contributed by atoms with Crippen LogP contribution in [0.25, 0.3) is 0 Å². The SMILES string of the molecule is CN(Cc1ccc(Cl)s1)C(=O)NCCc1ccc(F)cc1. The van der Waals surface area contributed by atoms with Gasteiger partial charge in [-0.2, -0.15) is 0 Å². The van der Waals surface area contributed by atoms with Crippen LogP contribution in [0.5, 0.6) is 0 Å². The molecule has 1 aromatic carbocycles. The van der Waals surface area contributed by atoms with Crippen LogP contribution < -0.4 is 5.32 Å². The Kier molecular flexibility index (Phi) is 5.59. The third kappa shape index (κ3) is 5.02. The third-order valence-electron chi connectivity index (χ3n) is 2.97. The van der Waals surface area contributed by atoms with Gasteiger partial charge in [0.05, 0.1) is 10.9 Å². The summed E-state index contributed by atoms with van der Waals surface area (Å²) in [6, 6.07) is 9.88. The number of thiophene rings is 1. The summed E-state index contributed by atoms with van der Waals surface area (Å²) >= 11 is 7.32. The van der Waals surface area contributed by atoms with Crippen molar-refractivity contribution in [1.29, 1.82) is 0 Å². The average molecular weight is 327 g/mol. The second-order valence-electron chi connectivity index (χ2n) is 4.67. The molecule has 0 unspecified atom stereocenters. The predicted molar refractivity (Wildman–Crippen MR) is 84.3 cm³/mol. The summed E-state index contributed by atoms with van der Waals surface area (Å²) in [6.07, 6.45) is 0.671. The normalized spacial score (nSPS) is 10.4. The van der Waals surface area contributed by atoms with Crippen molar-refractivity contribution in [3.05, 3.63) is 57.0 Å². The Morgan fingerprint density at radius 2 is 2.00 bits per heavy atom. The second-order valence-corrected chi connectivity index (χ2v) is 6.47. The lowest BCUT2D eigenvalue weighted by molar-refractivity contribution is 0.207. The molecule has 0 radical (unpaired) electrons. The van der Waals surface area contributed by atoms with Crippen LogP contribution in [-0.4, -0.2) is 24.5 Å². The monoisotopic (exact) mass is 326 g/mol. The van der Waals surface area contributed by atoms with E-state index in [0.717, 1.165) is 14.8 Å². The maximum Gasteiger partial charge on any atom is 0.317 e. The molecule has 1 heterocycles. The molecule has 1 N–H and O–H groups in total. The zero-order chi connectivity index (χ0) is 15.2. The number of nitrogens with zero attached hydrogens (tertiary/aromatic N) is 1. The zero-order valence-electron chi connectivity index (χ0n) is 11.6. The summed E-state index contributed by atoms with van der Waals surface area (Å²) in [6.45, 7) is 1.04. The minimum absolute atomic E-state index is 0.137. The molecule has 112 valence electrons. The average Bonchev–Trinajstić information content (AvgIpc) is 2.86. The van der Waals surface area contributed by atoms with Gasteiger partial charge in [0.15, 0.2) is 0 Å². The highest BCUT2D eigenvalue weighted by molar-refractivity contribution is 7.16. The highest BCUT2D eigenvalue weighted by Crippen LogP contribution is 2.22. The fraction of sp³-hybridized carbons (Fsp3) is 0.267. The molecular formula is C15H16ClFN2OS. The summed E-state index contributed by atoms with van der Waals surface area (Å²) < 4.78 is 13.5. The van der Waals surface area contributed by atoms with E-state index in [1.165, 1.54) is 23.5 Å². The highest BCUT2D eigenvalue weighted by atomic mass is 35.5. The fourth-order valence-corrected chi connectivity index (χ4v) is 2.98. The van der Waals surface area contributed by atoms with Crippen molar-refractivity contribution in [2.75, 3.05) is 13.6 Å². The Balaban J connectivity index is 1.74. The summed E-state index contributed by atoms with van der Waals surface area (Å²) in [5, 5.41) is 2.84. The zero-order valence-corrected chi connectivity index (χ0v) is 13.2. The predicted octanol–water partition coefficient (Wildman–Crippen LogP) is 3.92. The van der Waals surface area contributed by atoms with Crippen LogP contribution in [0.4, 0.5) is 9.18 Å². The molecule has 0 aliphatic heterocycles. The third-order valence-corrected chi connectivity index (χ3v) is 4.19. The summed E-state index contributed by atoms with van der Waals surface area (Å²) in [5.41, 5.74) is 0.990. The number of amides is 2. The van der Waals surface area contributed by atoms with Crippen molar-refractivity contribution in [1.82, 2.24) is 10.2 Å². The standard InChI is InChI=1S/C15H16ClFN2OS/c1-19(10-13-6-7-14(16)21-13)15(20)18-9-8-11-2-4-12(17)5-3-11/h2-7H,8-10H2,1H3,(H,18,20). The molecule has 0 atom stereocenters. The largest absolute Gasteiger partial charge is 0.338 e. The lowest BCUT2D eigenvalue weighted by Gasteiger charge is -2.17. The van der Waals surface area contributed by atoms with Crippen LogP contribution in [0.3, 0.4) is 0 Å². The van der Waals surface area contributed by atoms with E-state index < -0.39 is 0 Å². The number of hydrogen-bond donors (Lipinski definition) is 1. The summed E-state index contributed by atoms with van der Waals surface area (Å²) in [5.74, 6) is -0.253. The van der Waals surface area contributed by atoms with Crippen molar-refractivity contribution in [2.24, 2.45) is 0 Å². The number of carbonyl (C=O) groups is 1. The van der Waals surface area contributed by atoms with Crippen LogP contribution in [0.2, 0.25) is 4.34 Å². The van der Waals surface area contributed by atoms with Crippen LogP contribution >= 0.6 is 22.9 Å². The van der Waals surface area contributed by atoms with Gasteiger partial charge in [0.1, 0.15) is 5.82 Å². The van der Waals surface area contributed by atoms with Gasteiger partial charge < -0.3 is 10.2 Å². The number of carbonyl (C=O) groups excluding carboxylic acids is 1. The van der Waals surface area contributed by atoms with Gasteiger partial charge in [-0.15, -0.1) is 11.3 Å². The van der Waals surface area contributed by atoms with Gasteiger partial charge >= 0.3 is 6.03 Å². The van der Waals surface area contributed by atoms with E-state index >= 15 is 0 Å². The first-order valence-electron chi connectivity index (χ1n) is 6.52. The Hall–Kier alpha value is -1.59. The number of halogens is 2. The minimum atomic E-state index is -0.253. The first-order valence-corrected chi connectivity index (χ1v) is 7.71. The Labute approximate surface area is 132 Å². The lowest BCUT2D eigenvalue weighted by atomic mass is 10.1. The summed E-state index contributed by atoms with van der Waals surface area (Å²) in [7, 11) is 1.74. The van der Waals surface area contributed by atoms with Gasteiger partial charge in [0.2, 0.25) is 0 Å². The van der Waals surface area contributed by atoms with Crippen molar-refractivity contribution in [3.63, 3.8) is 0 Å². The van der Waals surface area contributed by atoms with Crippen LogP contribution in [0, 0.1) is 5.82 Å². The number of hydrogen-bond acceptors (Lipinski definition) is 2. The smallest absolute Gasteiger partial charge is 0.317 e. The van der Waals surface area contributed by atoms with Gasteiger partial charge in [-0.1, -0.05) is 23.7 Å². The number of nitrogens with one attached hydrogen (secondary N) is 1. The maximum absolute atomic E-state index is 12.8. The molecule has 6 heteroatoms. The molecule has 0 spiro atoms. The molecular weight excluding hydrogens is 311 g/mol.